The van der Waals surface area contributed by atoms with Crippen molar-refractivity contribution in [3.63, 3.8) is 0 Å². The van der Waals surface area contributed by atoms with Crippen LogP contribution in [0.25, 0.3) is 0 Å². The van der Waals surface area contributed by atoms with Crippen LogP contribution in [0.5, 0.6) is 0 Å². The molecule has 0 aromatic carbocycles. The Balaban J connectivity index is 2.60. The average molecular weight is 885 g/mol. The Morgan fingerprint density at radius 1 is 0.548 bits per heavy atom. The molecule has 1 fully saturated rings. The van der Waals surface area contributed by atoms with Crippen molar-refractivity contribution in [3.05, 3.63) is 134 Å². The fraction of sp³-hybridized carbons (Fsp3) is 0.510. The van der Waals surface area contributed by atoms with Gasteiger partial charge in [-0.1, -0.05) is 148 Å². The monoisotopic (exact) mass is 884 g/mol. The van der Waals surface area contributed by atoms with E-state index in [0.29, 0.717) is 19.3 Å². The van der Waals surface area contributed by atoms with Gasteiger partial charge in [0.15, 0.2) is 12.4 Å². The van der Waals surface area contributed by atoms with Gasteiger partial charge in [-0.25, -0.2) is 0 Å². The van der Waals surface area contributed by atoms with Crippen LogP contribution in [0.1, 0.15) is 104 Å². The Labute approximate surface area is 370 Å². The lowest BCUT2D eigenvalue weighted by atomic mass is 10.00. The second-order valence-electron chi connectivity index (χ2n) is 14.3. The number of hydrogen-bond acceptors (Lipinski definition) is 11. The third-order valence-electron chi connectivity index (χ3n) is 8.77. The highest BCUT2D eigenvalue weighted by Crippen LogP contribution is 2.23. The van der Waals surface area contributed by atoms with E-state index in [1.54, 1.807) is 6.08 Å². The van der Waals surface area contributed by atoms with Crippen LogP contribution in [0.15, 0.2) is 134 Å². The lowest BCUT2D eigenvalue weighted by Gasteiger charge is -2.40. The highest BCUT2D eigenvalue weighted by Gasteiger charge is 2.46. The normalized spacial score (nSPS) is 21.2. The van der Waals surface area contributed by atoms with Crippen LogP contribution in [0.4, 0.5) is 0 Å². The molecule has 6 unspecified atom stereocenters. The molecule has 0 radical (unpaired) electrons. The highest BCUT2D eigenvalue weighted by molar-refractivity contribution is 7.85. The topological polar surface area (TPSA) is 186 Å². The summed E-state index contributed by atoms with van der Waals surface area (Å²) in [7, 11) is -4.63. The predicted molar refractivity (Wildman–Crippen MR) is 246 cm³/mol. The summed E-state index contributed by atoms with van der Waals surface area (Å²) in [6.45, 7) is 3.35. The summed E-state index contributed by atoms with van der Waals surface area (Å²) in [5.74, 6) is -2.28. The van der Waals surface area contributed by atoms with Gasteiger partial charge in [-0.05, 0) is 77.0 Å². The lowest BCUT2D eigenvalue weighted by Crippen LogP contribution is -2.60. The SMILES string of the molecule is CC/C=C\C/C=C\C/C=C\C/C=C\C/C=C\C/C=C\CCC(=O)OC(COC(=O)C/C=C\C/C=C\C/C=C\C/C=C\C/C=C\CC)COC1OC(CS(=O)(=O)O)C(O)C(O)C1O. The first-order chi connectivity index (χ1) is 30.0. The maximum absolute atomic E-state index is 12.8. The molecule has 1 saturated heterocycles. The van der Waals surface area contributed by atoms with Crippen LogP contribution >= 0.6 is 0 Å². The Bertz CT molecular complexity index is 1650. The van der Waals surface area contributed by atoms with E-state index in [0.717, 1.165) is 57.8 Å². The minimum absolute atomic E-state index is 0.0105. The molecule has 346 valence electrons. The minimum atomic E-state index is -4.63. The van der Waals surface area contributed by atoms with Crippen molar-refractivity contribution in [1.82, 2.24) is 0 Å². The molecular weight excluding hydrogens is 813 g/mol. The van der Waals surface area contributed by atoms with Gasteiger partial charge in [0.1, 0.15) is 36.8 Å². The summed E-state index contributed by atoms with van der Waals surface area (Å²) >= 11 is 0. The summed E-state index contributed by atoms with van der Waals surface area (Å²) in [6, 6.07) is 0. The number of esters is 2. The summed E-state index contributed by atoms with van der Waals surface area (Å²) in [5.41, 5.74) is 0. The lowest BCUT2D eigenvalue weighted by molar-refractivity contribution is -0.297. The number of ether oxygens (including phenoxy) is 4. The quantitative estimate of drug-likeness (QED) is 0.0279. The van der Waals surface area contributed by atoms with Gasteiger partial charge in [-0.15, -0.1) is 0 Å². The summed E-state index contributed by atoms with van der Waals surface area (Å²) in [6.07, 6.45) is 45.4. The molecule has 13 heteroatoms. The standard InChI is InChI=1S/C49H72O12S/c1-3-5-7-9-11-13-15-17-19-20-21-22-24-26-28-30-32-34-36-38-45(51)60-42(40-59-49-48(54)47(53)46(52)43(61-49)41-62(55,56)57)39-58-44(50)37-35-33-31-29-27-25-23-18-16-14-12-10-8-6-4-2/h5-8,11-14,17-19,21-23,26-29,32-35,42-43,46-49,52-54H,3-4,9-10,15-16,20,24-25,30-31,36-41H2,1-2H3,(H,55,56,57)/b7-5-,8-6-,13-11-,14-12-,19-17-,22-21-,23-18-,28-26-,29-27-,34-32-,35-33-. The number of allylic oxidation sites excluding steroid dienone is 21. The third-order valence-corrected chi connectivity index (χ3v) is 9.52. The molecule has 0 spiro atoms. The first kappa shape index (κ1) is 55.8. The van der Waals surface area contributed by atoms with E-state index in [1.165, 1.54) is 0 Å². The molecule has 0 aliphatic carbocycles. The van der Waals surface area contributed by atoms with E-state index in [2.05, 4.69) is 105 Å². The van der Waals surface area contributed by atoms with E-state index in [4.69, 9.17) is 18.9 Å². The number of aliphatic hydroxyl groups is 3. The molecule has 0 amide bonds. The number of carbonyl (C=O) groups excluding carboxylic acids is 2. The van der Waals surface area contributed by atoms with Crippen molar-refractivity contribution < 1.29 is 56.8 Å². The van der Waals surface area contributed by atoms with E-state index in [-0.39, 0.29) is 12.8 Å². The molecule has 0 bridgehead atoms. The zero-order valence-electron chi connectivity index (χ0n) is 36.6. The number of aliphatic hydroxyl groups excluding tert-OH is 3. The van der Waals surface area contributed by atoms with Crippen molar-refractivity contribution in [2.75, 3.05) is 19.0 Å². The van der Waals surface area contributed by atoms with Crippen LogP contribution in [0, 0.1) is 0 Å². The van der Waals surface area contributed by atoms with Crippen molar-refractivity contribution >= 4 is 22.1 Å². The molecule has 0 aromatic heterocycles. The molecule has 1 heterocycles. The highest BCUT2D eigenvalue weighted by atomic mass is 32.2. The fourth-order valence-electron chi connectivity index (χ4n) is 5.48. The first-order valence-corrected chi connectivity index (χ1v) is 23.4. The molecule has 1 aliphatic heterocycles. The van der Waals surface area contributed by atoms with E-state index in [1.807, 2.05) is 36.5 Å². The van der Waals surface area contributed by atoms with E-state index < -0.39 is 77.8 Å². The van der Waals surface area contributed by atoms with Crippen molar-refractivity contribution in [2.24, 2.45) is 0 Å². The van der Waals surface area contributed by atoms with E-state index in [9.17, 15) is 37.9 Å². The summed E-state index contributed by atoms with van der Waals surface area (Å²) < 4.78 is 53.8. The number of hydrogen-bond donors (Lipinski definition) is 4. The average Bonchev–Trinajstić information content (AvgIpc) is 3.24. The van der Waals surface area contributed by atoms with E-state index >= 15 is 0 Å². The van der Waals surface area contributed by atoms with Gasteiger partial charge in [0.25, 0.3) is 10.1 Å². The van der Waals surface area contributed by atoms with Gasteiger partial charge in [-0.2, -0.15) is 8.42 Å². The van der Waals surface area contributed by atoms with Crippen molar-refractivity contribution in [2.45, 2.75) is 141 Å². The largest absolute Gasteiger partial charge is 0.461 e. The molecule has 0 aromatic rings. The summed E-state index contributed by atoms with van der Waals surface area (Å²) in [4.78, 5) is 25.3. The number of carbonyl (C=O) groups is 2. The maximum Gasteiger partial charge on any atom is 0.309 e. The molecule has 0 saturated carbocycles. The van der Waals surface area contributed by atoms with Crippen LogP contribution in [-0.2, 0) is 38.7 Å². The first-order valence-electron chi connectivity index (χ1n) is 21.7. The van der Waals surface area contributed by atoms with Crippen LogP contribution < -0.4 is 0 Å². The second kappa shape index (κ2) is 37.4. The maximum atomic E-state index is 12.8. The molecule has 12 nitrogen and oxygen atoms in total. The third kappa shape index (κ3) is 31.6. The van der Waals surface area contributed by atoms with Crippen LogP contribution in [0.2, 0.25) is 0 Å². The number of rotatable bonds is 33. The van der Waals surface area contributed by atoms with Gasteiger partial charge in [0.05, 0.1) is 13.0 Å². The second-order valence-corrected chi connectivity index (χ2v) is 15.8. The molecule has 62 heavy (non-hydrogen) atoms. The zero-order chi connectivity index (χ0) is 45.5. The van der Waals surface area contributed by atoms with Gasteiger partial charge in [-0.3, -0.25) is 14.1 Å². The Kier molecular flexibility index (Phi) is 33.6. The smallest absolute Gasteiger partial charge is 0.309 e. The molecule has 4 N–H and O–H groups in total. The van der Waals surface area contributed by atoms with Crippen molar-refractivity contribution in [1.29, 1.82) is 0 Å². The molecule has 1 aliphatic rings. The molecule has 1 rings (SSSR count). The Hall–Kier alpha value is -4.21. The van der Waals surface area contributed by atoms with Crippen molar-refractivity contribution in [3.8, 4) is 0 Å². The predicted octanol–water partition coefficient (Wildman–Crippen LogP) is 8.77. The molecular formula is C49H72O12S. The minimum Gasteiger partial charge on any atom is -0.461 e. The van der Waals surface area contributed by atoms with Gasteiger partial charge in [0.2, 0.25) is 0 Å². The van der Waals surface area contributed by atoms with Crippen LogP contribution in [-0.4, -0.2) is 96.0 Å². The zero-order valence-corrected chi connectivity index (χ0v) is 37.5. The fourth-order valence-corrected chi connectivity index (χ4v) is 6.17. The van der Waals surface area contributed by atoms with Gasteiger partial charge < -0.3 is 34.3 Å². The van der Waals surface area contributed by atoms with Gasteiger partial charge in [0, 0.05) is 6.42 Å². The Morgan fingerprint density at radius 3 is 1.37 bits per heavy atom. The van der Waals surface area contributed by atoms with Gasteiger partial charge >= 0.3 is 11.9 Å². The molecule has 6 atom stereocenters. The van der Waals surface area contributed by atoms with Crippen LogP contribution in [0.3, 0.4) is 0 Å². The Morgan fingerprint density at radius 2 is 0.952 bits per heavy atom. The summed E-state index contributed by atoms with van der Waals surface area (Å²) in [5, 5.41) is 30.8.